The second-order valence-electron chi connectivity index (χ2n) is 4.98. The SMILES string of the molecule is CCCOc1ncnc(-n2cnc3c2CCCC3)c1N. The van der Waals surface area contributed by atoms with Crippen LogP contribution in [0.2, 0.25) is 0 Å². The number of nitrogen functional groups attached to an aromatic ring is 1. The van der Waals surface area contributed by atoms with E-state index in [0.29, 0.717) is 24.0 Å². The maximum Gasteiger partial charge on any atom is 0.242 e. The fourth-order valence-electron chi connectivity index (χ4n) is 2.53. The quantitative estimate of drug-likeness (QED) is 0.920. The van der Waals surface area contributed by atoms with Crippen LogP contribution >= 0.6 is 0 Å². The molecule has 0 fully saturated rings. The first-order chi connectivity index (χ1) is 9.81. The zero-order valence-electron chi connectivity index (χ0n) is 11.7. The first-order valence-corrected chi connectivity index (χ1v) is 7.10. The lowest BCUT2D eigenvalue weighted by atomic mass is 10.0. The predicted octanol–water partition coefficient (Wildman–Crippen LogP) is 1.91. The molecule has 6 nitrogen and oxygen atoms in total. The molecule has 3 rings (SSSR count). The van der Waals surface area contributed by atoms with Crippen molar-refractivity contribution in [3.8, 4) is 11.7 Å². The van der Waals surface area contributed by atoms with E-state index in [1.54, 1.807) is 6.33 Å². The minimum Gasteiger partial charge on any atom is -0.476 e. The van der Waals surface area contributed by atoms with Crippen molar-refractivity contribution in [3.63, 3.8) is 0 Å². The van der Waals surface area contributed by atoms with Gasteiger partial charge in [-0.25, -0.2) is 9.97 Å². The number of rotatable bonds is 4. The number of hydrogen-bond donors (Lipinski definition) is 1. The number of fused-ring (bicyclic) bond motifs is 1. The summed E-state index contributed by atoms with van der Waals surface area (Å²) in [6, 6.07) is 0. The number of nitrogens with zero attached hydrogens (tertiary/aromatic N) is 4. The molecule has 0 atom stereocenters. The van der Waals surface area contributed by atoms with Crippen LogP contribution < -0.4 is 10.5 Å². The molecule has 106 valence electrons. The molecule has 0 saturated heterocycles. The summed E-state index contributed by atoms with van der Waals surface area (Å²) in [5.41, 5.74) is 9.00. The van der Waals surface area contributed by atoms with Crippen LogP contribution in [0.4, 0.5) is 5.69 Å². The van der Waals surface area contributed by atoms with E-state index in [2.05, 4.69) is 15.0 Å². The lowest BCUT2D eigenvalue weighted by Crippen LogP contribution is -2.11. The second-order valence-corrected chi connectivity index (χ2v) is 4.98. The molecule has 2 heterocycles. The zero-order chi connectivity index (χ0) is 13.9. The Balaban J connectivity index is 2.00. The summed E-state index contributed by atoms with van der Waals surface area (Å²) in [6.07, 6.45) is 8.65. The molecule has 0 unspecified atom stereocenters. The highest BCUT2D eigenvalue weighted by molar-refractivity contribution is 5.60. The first-order valence-electron chi connectivity index (χ1n) is 7.10. The molecule has 2 aromatic heterocycles. The van der Waals surface area contributed by atoms with Crippen molar-refractivity contribution < 1.29 is 4.74 Å². The van der Waals surface area contributed by atoms with Crippen LogP contribution in [0.5, 0.6) is 5.88 Å². The average molecular weight is 273 g/mol. The van der Waals surface area contributed by atoms with Gasteiger partial charge in [-0.15, -0.1) is 0 Å². The Morgan fingerprint density at radius 1 is 1.25 bits per heavy atom. The number of aromatic nitrogens is 4. The summed E-state index contributed by atoms with van der Waals surface area (Å²) in [7, 11) is 0. The van der Waals surface area contributed by atoms with E-state index in [9.17, 15) is 0 Å². The van der Waals surface area contributed by atoms with Crippen molar-refractivity contribution in [2.45, 2.75) is 39.0 Å². The third-order valence-electron chi connectivity index (χ3n) is 3.53. The lowest BCUT2D eigenvalue weighted by Gasteiger charge is -2.15. The lowest BCUT2D eigenvalue weighted by molar-refractivity contribution is 0.306. The summed E-state index contributed by atoms with van der Waals surface area (Å²) in [4.78, 5) is 12.9. The molecule has 2 N–H and O–H groups in total. The van der Waals surface area contributed by atoms with Gasteiger partial charge in [0, 0.05) is 5.69 Å². The van der Waals surface area contributed by atoms with Gasteiger partial charge in [0.2, 0.25) is 5.88 Å². The number of nitrogens with two attached hydrogens (primary N) is 1. The minimum absolute atomic E-state index is 0.454. The van der Waals surface area contributed by atoms with Crippen LogP contribution in [0.15, 0.2) is 12.7 Å². The third kappa shape index (κ3) is 2.21. The van der Waals surface area contributed by atoms with E-state index in [1.807, 2.05) is 11.5 Å². The Labute approximate surface area is 118 Å². The highest BCUT2D eigenvalue weighted by atomic mass is 16.5. The van der Waals surface area contributed by atoms with Gasteiger partial charge < -0.3 is 10.5 Å². The molecule has 0 bridgehead atoms. The molecule has 0 aliphatic heterocycles. The van der Waals surface area contributed by atoms with E-state index >= 15 is 0 Å². The van der Waals surface area contributed by atoms with Crippen LogP contribution in [0.25, 0.3) is 5.82 Å². The van der Waals surface area contributed by atoms with Crippen molar-refractivity contribution in [3.05, 3.63) is 24.0 Å². The first kappa shape index (κ1) is 12.9. The van der Waals surface area contributed by atoms with E-state index in [1.165, 1.54) is 24.9 Å². The van der Waals surface area contributed by atoms with Crippen molar-refractivity contribution in [2.24, 2.45) is 0 Å². The minimum atomic E-state index is 0.454. The highest BCUT2D eigenvalue weighted by Crippen LogP contribution is 2.28. The Morgan fingerprint density at radius 2 is 2.10 bits per heavy atom. The van der Waals surface area contributed by atoms with Crippen LogP contribution in [-0.4, -0.2) is 26.1 Å². The number of aryl methyl sites for hydroxylation is 1. The monoisotopic (exact) mass is 273 g/mol. The van der Waals surface area contributed by atoms with E-state index in [4.69, 9.17) is 10.5 Å². The van der Waals surface area contributed by atoms with E-state index in [-0.39, 0.29) is 0 Å². The number of ether oxygens (including phenoxy) is 1. The largest absolute Gasteiger partial charge is 0.476 e. The average Bonchev–Trinajstić information content (AvgIpc) is 2.90. The molecule has 0 saturated carbocycles. The van der Waals surface area contributed by atoms with Crippen molar-refractivity contribution in [1.82, 2.24) is 19.5 Å². The summed E-state index contributed by atoms with van der Waals surface area (Å²) in [5.74, 6) is 1.12. The standard InChI is InChI=1S/C14H19N5O/c1-2-7-20-14-12(15)13(16-8-17-14)19-9-18-10-5-3-4-6-11(10)19/h8-9H,2-7,15H2,1H3. The van der Waals surface area contributed by atoms with Crippen molar-refractivity contribution in [1.29, 1.82) is 0 Å². The number of hydrogen-bond acceptors (Lipinski definition) is 5. The second kappa shape index (κ2) is 5.48. The summed E-state index contributed by atoms with van der Waals surface area (Å²) >= 11 is 0. The molecule has 1 aliphatic carbocycles. The van der Waals surface area contributed by atoms with Gasteiger partial charge in [0.05, 0.1) is 12.3 Å². The third-order valence-corrected chi connectivity index (χ3v) is 3.53. The highest BCUT2D eigenvalue weighted by Gasteiger charge is 2.19. The van der Waals surface area contributed by atoms with Gasteiger partial charge in [0.15, 0.2) is 5.82 Å². The van der Waals surface area contributed by atoms with Crippen molar-refractivity contribution >= 4 is 5.69 Å². The summed E-state index contributed by atoms with van der Waals surface area (Å²) in [6.45, 7) is 2.65. The molecule has 0 spiro atoms. The van der Waals surface area contributed by atoms with Gasteiger partial charge in [-0.05, 0) is 32.1 Å². The van der Waals surface area contributed by atoms with Gasteiger partial charge in [0.1, 0.15) is 18.3 Å². The smallest absolute Gasteiger partial charge is 0.242 e. The Hall–Kier alpha value is -2.11. The zero-order valence-corrected chi connectivity index (χ0v) is 11.7. The molecule has 0 aromatic carbocycles. The molecule has 20 heavy (non-hydrogen) atoms. The molecule has 0 amide bonds. The molecule has 2 aromatic rings. The van der Waals surface area contributed by atoms with Gasteiger partial charge in [-0.3, -0.25) is 4.57 Å². The topological polar surface area (TPSA) is 78.9 Å². The normalized spacial score (nSPS) is 14.1. The van der Waals surface area contributed by atoms with Gasteiger partial charge in [-0.2, -0.15) is 4.98 Å². The fraction of sp³-hybridized carbons (Fsp3) is 0.500. The van der Waals surface area contributed by atoms with Crippen molar-refractivity contribution in [2.75, 3.05) is 12.3 Å². The predicted molar refractivity (Wildman–Crippen MR) is 76.0 cm³/mol. The maximum atomic E-state index is 6.15. The Morgan fingerprint density at radius 3 is 2.95 bits per heavy atom. The van der Waals surface area contributed by atoms with Crippen LogP contribution in [0.3, 0.4) is 0 Å². The fourth-order valence-corrected chi connectivity index (χ4v) is 2.53. The summed E-state index contributed by atoms with van der Waals surface area (Å²) in [5, 5.41) is 0. The van der Waals surface area contributed by atoms with E-state index in [0.717, 1.165) is 25.0 Å². The van der Waals surface area contributed by atoms with Gasteiger partial charge >= 0.3 is 0 Å². The van der Waals surface area contributed by atoms with Crippen LogP contribution in [-0.2, 0) is 12.8 Å². The van der Waals surface area contributed by atoms with Crippen LogP contribution in [0, 0.1) is 0 Å². The van der Waals surface area contributed by atoms with Gasteiger partial charge in [0.25, 0.3) is 0 Å². The Kier molecular flexibility index (Phi) is 3.54. The Bertz CT molecular complexity index is 608. The number of anilines is 1. The van der Waals surface area contributed by atoms with E-state index < -0.39 is 0 Å². The molecule has 6 heteroatoms. The van der Waals surface area contributed by atoms with Crippen LogP contribution in [0.1, 0.15) is 37.6 Å². The number of imidazole rings is 1. The molecule has 0 radical (unpaired) electrons. The molecular formula is C14H19N5O. The molecule has 1 aliphatic rings. The maximum absolute atomic E-state index is 6.15. The summed E-state index contributed by atoms with van der Waals surface area (Å²) < 4.78 is 7.54. The molecular weight excluding hydrogens is 254 g/mol. The van der Waals surface area contributed by atoms with Gasteiger partial charge in [-0.1, -0.05) is 6.92 Å².